The van der Waals surface area contributed by atoms with Crippen molar-refractivity contribution < 1.29 is 4.79 Å². The highest BCUT2D eigenvalue weighted by atomic mass is 32.1. The van der Waals surface area contributed by atoms with Crippen LogP contribution in [0.2, 0.25) is 0 Å². The Hall–Kier alpha value is -0.670. The first-order valence-corrected chi connectivity index (χ1v) is 5.86. The van der Waals surface area contributed by atoms with Crippen LogP contribution in [0.3, 0.4) is 0 Å². The normalized spacial score (nSPS) is 12.8. The highest BCUT2D eigenvalue weighted by molar-refractivity contribution is 7.14. The summed E-state index contributed by atoms with van der Waals surface area (Å²) in [5.74, 6) is 0.184. The van der Waals surface area contributed by atoms with Crippen LogP contribution >= 0.6 is 11.3 Å². The summed E-state index contributed by atoms with van der Waals surface area (Å²) in [7, 11) is 0. The summed E-state index contributed by atoms with van der Waals surface area (Å²) < 4.78 is 0. The van der Waals surface area contributed by atoms with Crippen LogP contribution in [0.15, 0.2) is 12.1 Å². The summed E-state index contributed by atoms with van der Waals surface area (Å²) in [5.41, 5.74) is 5.73. The van der Waals surface area contributed by atoms with Crippen LogP contribution in [0.5, 0.6) is 0 Å². The zero-order valence-corrected chi connectivity index (χ0v) is 9.56. The van der Waals surface area contributed by atoms with Crippen molar-refractivity contribution in [1.29, 1.82) is 0 Å². The van der Waals surface area contributed by atoms with E-state index in [-0.39, 0.29) is 11.8 Å². The van der Waals surface area contributed by atoms with Crippen LogP contribution in [-0.2, 0) is 6.42 Å². The average Bonchev–Trinajstić information content (AvgIpc) is 2.65. The van der Waals surface area contributed by atoms with Gasteiger partial charge in [0.15, 0.2) is 5.78 Å². The van der Waals surface area contributed by atoms with Gasteiger partial charge >= 0.3 is 0 Å². The van der Waals surface area contributed by atoms with E-state index in [2.05, 4.69) is 6.92 Å². The highest BCUT2D eigenvalue weighted by Gasteiger charge is 2.11. The van der Waals surface area contributed by atoms with Crippen molar-refractivity contribution in [3.8, 4) is 0 Å². The van der Waals surface area contributed by atoms with Gasteiger partial charge < -0.3 is 5.73 Å². The van der Waals surface area contributed by atoms with E-state index >= 15 is 0 Å². The molecule has 2 N–H and O–H groups in total. The molecule has 1 aromatic rings. The third kappa shape index (κ3) is 2.93. The minimum Gasteiger partial charge on any atom is -0.327 e. The third-order valence-corrected chi connectivity index (χ3v) is 3.53. The Morgan fingerprint density at radius 1 is 1.50 bits per heavy atom. The Balaban J connectivity index is 2.60. The summed E-state index contributed by atoms with van der Waals surface area (Å²) in [6, 6.07) is 3.94. The first-order valence-electron chi connectivity index (χ1n) is 5.04. The number of rotatable bonds is 5. The van der Waals surface area contributed by atoms with E-state index in [1.165, 1.54) is 4.88 Å². The molecule has 0 aliphatic carbocycles. The molecular weight excluding hydrogens is 194 g/mol. The molecule has 0 spiro atoms. The standard InChI is InChI=1S/C11H17NOS/c1-3-8(12)7-10(13)11-6-5-9(4-2)14-11/h5-6,8H,3-4,7,12H2,1-2H3. The molecule has 1 heterocycles. The minimum atomic E-state index is 0.00896. The van der Waals surface area contributed by atoms with Gasteiger partial charge in [0.05, 0.1) is 4.88 Å². The zero-order valence-electron chi connectivity index (χ0n) is 8.75. The number of aryl methyl sites for hydroxylation is 1. The van der Waals surface area contributed by atoms with E-state index in [9.17, 15) is 4.79 Å². The van der Waals surface area contributed by atoms with Crippen molar-refractivity contribution in [2.24, 2.45) is 5.73 Å². The van der Waals surface area contributed by atoms with E-state index in [1.807, 2.05) is 19.1 Å². The summed E-state index contributed by atoms with van der Waals surface area (Å²) >= 11 is 1.59. The fourth-order valence-electron chi connectivity index (χ4n) is 1.20. The van der Waals surface area contributed by atoms with Crippen molar-refractivity contribution in [3.63, 3.8) is 0 Å². The van der Waals surface area contributed by atoms with Gasteiger partial charge in [0.1, 0.15) is 0 Å². The molecule has 0 aliphatic heterocycles. The number of nitrogens with two attached hydrogens (primary N) is 1. The number of hydrogen-bond donors (Lipinski definition) is 1. The smallest absolute Gasteiger partial charge is 0.174 e. The maximum absolute atomic E-state index is 11.7. The maximum Gasteiger partial charge on any atom is 0.174 e. The second-order valence-corrected chi connectivity index (χ2v) is 4.58. The first-order chi connectivity index (χ1) is 6.67. The number of carbonyl (C=O) groups is 1. The first kappa shape index (κ1) is 11.4. The van der Waals surface area contributed by atoms with Crippen LogP contribution < -0.4 is 5.73 Å². The van der Waals surface area contributed by atoms with Crippen molar-refractivity contribution in [3.05, 3.63) is 21.9 Å². The predicted molar refractivity (Wildman–Crippen MR) is 60.9 cm³/mol. The Labute approximate surface area is 89.1 Å². The lowest BCUT2D eigenvalue weighted by Crippen LogP contribution is -2.22. The van der Waals surface area contributed by atoms with Crippen LogP contribution in [0, 0.1) is 0 Å². The third-order valence-electron chi connectivity index (χ3n) is 2.26. The molecule has 1 rings (SSSR count). The predicted octanol–water partition coefficient (Wildman–Crippen LogP) is 2.62. The summed E-state index contributed by atoms with van der Waals surface area (Å²) in [6.45, 7) is 4.10. The summed E-state index contributed by atoms with van der Waals surface area (Å²) in [5, 5.41) is 0. The molecule has 1 aromatic heterocycles. The lowest BCUT2D eigenvalue weighted by molar-refractivity contribution is 0.0978. The molecule has 0 saturated carbocycles. The van der Waals surface area contributed by atoms with Gasteiger partial charge in [-0.15, -0.1) is 11.3 Å². The van der Waals surface area contributed by atoms with Crippen molar-refractivity contribution >= 4 is 17.1 Å². The number of thiophene rings is 1. The van der Waals surface area contributed by atoms with Crippen LogP contribution in [-0.4, -0.2) is 11.8 Å². The van der Waals surface area contributed by atoms with Gasteiger partial charge in [-0.25, -0.2) is 0 Å². The lowest BCUT2D eigenvalue weighted by Gasteiger charge is -2.05. The molecule has 3 heteroatoms. The molecule has 1 unspecified atom stereocenters. The SMILES string of the molecule is CCc1ccc(C(=O)CC(N)CC)s1. The fourth-order valence-corrected chi connectivity index (χ4v) is 2.10. The quantitative estimate of drug-likeness (QED) is 0.761. The minimum absolute atomic E-state index is 0.00896. The number of carbonyl (C=O) groups excluding carboxylic acids is 1. The maximum atomic E-state index is 11.7. The monoisotopic (exact) mass is 211 g/mol. The molecule has 0 aliphatic rings. The molecular formula is C11H17NOS. The molecule has 1 atom stereocenters. The Morgan fingerprint density at radius 3 is 2.71 bits per heavy atom. The van der Waals surface area contributed by atoms with Gasteiger partial charge in [-0.3, -0.25) is 4.79 Å². The molecule has 0 bridgehead atoms. The molecule has 14 heavy (non-hydrogen) atoms. The van der Waals surface area contributed by atoms with Crippen LogP contribution in [0.25, 0.3) is 0 Å². The highest BCUT2D eigenvalue weighted by Crippen LogP contribution is 2.19. The molecule has 78 valence electrons. The van der Waals surface area contributed by atoms with Crippen molar-refractivity contribution in [1.82, 2.24) is 0 Å². The average molecular weight is 211 g/mol. The van der Waals surface area contributed by atoms with Crippen LogP contribution in [0.4, 0.5) is 0 Å². The van der Waals surface area contributed by atoms with Crippen molar-refractivity contribution in [2.45, 2.75) is 39.2 Å². The van der Waals surface area contributed by atoms with Gasteiger partial charge in [-0.1, -0.05) is 13.8 Å². The summed E-state index contributed by atoms with van der Waals surface area (Å²) in [6.07, 6.45) is 2.33. The topological polar surface area (TPSA) is 43.1 Å². The van der Waals surface area contributed by atoms with Gasteiger partial charge in [0.25, 0.3) is 0 Å². The van der Waals surface area contributed by atoms with E-state index in [0.29, 0.717) is 6.42 Å². The molecule has 0 aromatic carbocycles. The fraction of sp³-hybridized carbons (Fsp3) is 0.545. The van der Waals surface area contributed by atoms with E-state index in [4.69, 9.17) is 5.73 Å². The zero-order chi connectivity index (χ0) is 10.6. The van der Waals surface area contributed by atoms with Gasteiger partial charge in [0, 0.05) is 17.3 Å². The van der Waals surface area contributed by atoms with Gasteiger partial charge in [0.2, 0.25) is 0 Å². The molecule has 0 fully saturated rings. The molecule has 2 nitrogen and oxygen atoms in total. The number of ketones is 1. The molecule has 0 amide bonds. The van der Waals surface area contributed by atoms with Crippen molar-refractivity contribution in [2.75, 3.05) is 0 Å². The van der Waals surface area contributed by atoms with E-state index in [0.717, 1.165) is 17.7 Å². The summed E-state index contributed by atoms with van der Waals surface area (Å²) in [4.78, 5) is 13.8. The Morgan fingerprint density at radius 2 is 2.21 bits per heavy atom. The number of hydrogen-bond acceptors (Lipinski definition) is 3. The number of Topliss-reactive ketones (excluding diaryl/α,β-unsaturated/α-hetero) is 1. The largest absolute Gasteiger partial charge is 0.327 e. The van der Waals surface area contributed by atoms with E-state index in [1.54, 1.807) is 11.3 Å². The lowest BCUT2D eigenvalue weighted by atomic mass is 10.1. The van der Waals surface area contributed by atoms with Gasteiger partial charge in [-0.05, 0) is 25.0 Å². The van der Waals surface area contributed by atoms with E-state index < -0.39 is 0 Å². The molecule has 0 radical (unpaired) electrons. The van der Waals surface area contributed by atoms with Crippen LogP contribution in [0.1, 0.15) is 41.2 Å². The molecule has 0 saturated heterocycles. The second kappa shape index (κ2) is 5.27. The Bertz CT molecular complexity index is 306. The second-order valence-electron chi connectivity index (χ2n) is 3.42. The Kier molecular flexibility index (Phi) is 4.29. The van der Waals surface area contributed by atoms with Gasteiger partial charge in [-0.2, -0.15) is 0 Å².